The molecule has 1 aromatic heterocycles. The van der Waals surface area contributed by atoms with Crippen molar-refractivity contribution in [1.82, 2.24) is 15.0 Å². The van der Waals surface area contributed by atoms with Crippen LogP contribution >= 0.6 is 0 Å². The highest BCUT2D eigenvalue weighted by Gasteiger charge is 2.16. The number of carbonyl (C=O) groups is 1. The Balaban J connectivity index is 2.60. The molecule has 0 bridgehead atoms. The van der Waals surface area contributed by atoms with Crippen molar-refractivity contribution >= 4 is 5.97 Å². The lowest BCUT2D eigenvalue weighted by atomic mass is 10.1. The van der Waals surface area contributed by atoms with Crippen LogP contribution in [0.15, 0.2) is 18.5 Å². The van der Waals surface area contributed by atoms with Gasteiger partial charge in [-0.3, -0.25) is 0 Å². The van der Waals surface area contributed by atoms with E-state index in [4.69, 9.17) is 5.11 Å². The van der Waals surface area contributed by atoms with Crippen molar-refractivity contribution in [2.45, 2.75) is 6.92 Å². The molecular formula is C11H9N3O4. The maximum Gasteiger partial charge on any atom is 0.339 e. The Morgan fingerprint density at radius 3 is 2.50 bits per heavy atom. The van der Waals surface area contributed by atoms with E-state index in [-0.39, 0.29) is 22.7 Å². The molecule has 0 unspecified atom stereocenters. The molecule has 0 amide bonds. The summed E-state index contributed by atoms with van der Waals surface area (Å²) in [6.45, 7) is 1.65. The normalized spacial score (nSPS) is 10.3. The van der Waals surface area contributed by atoms with E-state index in [1.807, 2.05) is 0 Å². The molecule has 0 aliphatic carbocycles. The zero-order chi connectivity index (χ0) is 13.3. The van der Waals surface area contributed by atoms with Gasteiger partial charge in [-0.05, 0) is 19.1 Å². The Kier molecular flexibility index (Phi) is 2.80. The third-order valence-corrected chi connectivity index (χ3v) is 2.28. The van der Waals surface area contributed by atoms with Crippen LogP contribution < -0.4 is 0 Å². The Morgan fingerprint density at radius 2 is 1.89 bits per heavy atom. The highest BCUT2D eigenvalue weighted by Crippen LogP contribution is 2.32. The van der Waals surface area contributed by atoms with Crippen molar-refractivity contribution in [3.8, 4) is 22.9 Å². The summed E-state index contributed by atoms with van der Waals surface area (Å²) < 4.78 is 0. The molecule has 7 heteroatoms. The fraction of sp³-hybridized carbons (Fsp3) is 0.0909. The number of hydrogen-bond donors (Lipinski definition) is 3. The highest BCUT2D eigenvalue weighted by molar-refractivity contribution is 5.92. The SMILES string of the molecule is Cc1ncnc(-c2cc(O)c(C(=O)O)cc2O)n1. The molecule has 0 saturated carbocycles. The van der Waals surface area contributed by atoms with E-state index >= 15 is 0 Å². The van der Waals surface area contributed by atoms with E-state index in [0.717, 1.165) is 12.1 Å². The van der Waals surface area contributed by atoms with E-state index < -0.39 is 11.7 Å². The molecule has 18 heavy (non-hydrogen) atoms. The maximum absolute atomic E-state index is 10.8. The molecule has 2 aromatic rings. The van der Waals surface area contributed by atoms with Gasteiger partial charge in [0.05, 0.1) is 5.56 Å². The maximum atomic E-state index is 10.8. The molecule has 7 nitrogen and oxygen atoms in total. The quantitative estimate of drug-likeness (QED) is 0.676. The first-order chi connectivity index (χ1) is 8.49. The van der Waals surface area contributed by atoms with Crippen molar-refractivity contribution in [3.05, 3.63) is 29.8 Å². The van der Waals surface area contributed by atoms with Crippen LogP contribution in [0.25, 0.3) is 11.4 Å². The van der Waals surface area contributed by atoms with E-state index in [9.17, 15) is 15.0 Å². The number of aromatic carboxylic acids is 1. The smallest absolute Gasteiger partial charge is 0.339 e. The van der Waals surface area contributed by atoms with E-state index in [1.54, 1.807) is 6.92 Å². The number of hydrogen-bond acceptors (Lipinski definition) is 6. The molecule has 0 fully saturated rings. The first kappa shape index (κ1) is 11.8. The molecule has 0 atom stereocenters. The first-order valence-electron chi connectivity index (χ1n) is 4.94. The number of aromatic nitrogens is 3. The first-order valence-corrected chi connectivity index (χ1v) is 4.94. The number of rotatable bonds is 2. The Hall–Kier alpha value is -2.70. The van der Waals surface area contributed by atoms with Crippen LogP contribution in [0.4, 0.5) is 0 Å². The van der Waals surface area contributed by atoms with E-state index in [0.29, 0.717) is 5.82 Å². The van der Waals surface area contributed by atoms with Crippen LogP contribution in [-0.2, 0) is 0 Å². The van der Waals surface area contributed by atoms with Gasteiger partial charge in [-0.2, -0.15) is 0 Å². The predicted octanol–water partition coefficient (Wildman–Crippen LogP) is 0.956. The predicted molar refractivity (Wildman–Crippen MR) is 60.3 cm³/mol. The van der Waals surface area contributed by atoms with Crippen LogP contribution in [0.2, 0.25) is 0 Å². The summed E-state index contributed by atoms with van der Waals surface area (Å²) in [4.78, 5) is 22.4. The van der Waals surface area contributed by atoms with Gasteiger partial charge in [0.25, 0.3) is 0 Å². The van der Waals surface area contributed by atoms with Crippen molar-refractivity contribution in [2.24, 2.45) is 0 Å². The highest BCUT2D eigenvalue weighted by atomic mass is 16.4. The van der Waals surface area contributed by atoms with Crippen LogP contribution in [0, 0.1) is 6.92 Å². The molecule has 1 aromatic carbocycles. The molecule has 92 valence electrons. The monoisotopic (exact) mass is 247 g/mol. The third-order valence-electron chi connectivity index (χ3n) is 2.28. The standard InChI is InChI=1S/C11H9N3O4/c1-5-12-4-13-10(14-5)6-2-9(16)7(11(17)18)3-8(6)15/h2-4,15-16H,1H3,(H,17,18). The Bertz CT molecular complexity index is 628. The lowest BCUT2D eigenvalue weighted by Crippen LogP contribution is -1.99. The molecule has 0 radical (unpaired) electrons. The third kappa shape index (κ3) is 2.05. The lowest BCUT2D eigenvalue weighted by Gasteiger charge is -2.06. The summed E-state index contributed by atoms with van der Waals surface area (Å²) in [6.07, 6.45) is 1.26. The molecule has 1 heterocycles. The molecule has 2 rings (SSSR count). The molecular weight excluding hydrogens is 238 g/mol. The van der Waals surface area contributed by atoms with Crippen molar-refractivity contribution < 1.29 is 20.1 Å². The van der Waals surface area contributed by atoms with Crippen LogP contribution in [-0.4, -0.2) is 36.2 Å². The van der Waals surface area contributed by atoms with Crippen molar-refractivity contribution in [2.75, 3.05) is 0 Å². The van der Waals surface area contributed by atoms with Gasteiger partial charge in [0, 0.05) is 0 Å². The van der Waals surface area contributed by atoms with Gasteiger partial charge in [-0.25, -0.2) is 19.7 Å². The zero-order valence-corrected chi connectivity index (χ0v) is 9.32. The fourth-order valence-corrected chi connectivity index (χ4v) is 1.44. The topological polar surface area (TPSA) is 116 Å². The average Bonchev–Trinajstić information content (AvgIpc) is 2.31. The van der Waals surface area contributed by atoms with Gasteiger partial charge in [-0.1, -0.05) is 0 Å². The van der Waals surface area contributed by atoms with Gasteiger partial charge in [-0.15, -0.1) is 0 Å². The van der Waals surface area contributed by atoms with Crippen molar-refractivity contribution in [3.63, 3.8) is 0 Å². The van der Waals surface area contributed by atoms with Crippen LogP contribution in [0.1, 0.15) is 16.2 Å². The lowest BCUT2D eigenvalue weighted by molar-refractivity contribution is 0.0693. The number of nitrogens with zero attached hydrogens (tertiary/aromatic N) is 3. The number of phenolic OH excluding ortho intramolecular Hbond substituents is 1. The number of carboxylic acids is 1. The average molecular weight is 247 g/mol. The number of aromatic hydroxyl groups is 2. The van der Waals surface area contributed by atoms with Gasteiger partial charge in [0.1, 0.15) is 29.2 Å². The second kappa shape index (κ2) is 4.28. The molecule has 3 N–H and O–H groups in total. The molecule has 0 saturated heterocycles. The number of phenols is 2. The van der Waals surface area contributed by atoms with Crippen LogP contribution in [0.3, 0.4) is 0 Å². The number of benzene rings is 1. The van der Waals surface area contributed by atoms with E-state index in [1.165, 1.54) is 6.33 Å². The van der Waals surface area contributed by atoms with E-state index in [2.05, 4.69) is 15.0 Å². The summed E-state index contributed by atoms with van der Waals surface area (Å²) >= 11 is 0. The minimum absolute atomic E-state index is 0.142. The summed E-state index contributed by atoms with van der Waals surface area (Å²) in [5, 5.41) is 28.1. The Labute approximate surface area is 101 Å². The Morgan fingerprint density at radius 1 is 1.17 bits per heavy atom. The summed E-state index contributed by atoms with van der Waals surface area (Å²) in [5.41, 5.74) is -0.245. The minimum atomic E-state index is -1.33. The van der Waals surface area contributed by atoms with Crippen molar-refractivity contribution in [1.29, 1.82) is 0 Å². The summed E-state index contributed by atoms with van der Waals surface area (Å²) in [5.74, 6) is -1.52. The molecule has 0 aliphatic rings. The summed E-state index contributed by atoms with van der Waals surface area (Å²) in [7, 11) is 0. The number of aryl methyl sites for hydroxylation is 1. The molecule has 0 spiro atoms. The largest absolute Gasteiger partial charge is 0.507 e. The van der Waals surface area contributed by atoms with Gasteiger partial charge >= 0.3 is 5.97 Å². The van der Waals surface area contributed by atoms with Gasteiger partial charge in [0.15, 0.2) is 5.82 Å². The fourth-order valence-electron chi connectivity index (χ4n) is 1.44. The van der Waals surface area contributed by atoms with Gasteiger partial charge < -0.3 is 15.3 Å². The summed E-state index contributed by atoms with van der Waals surface area (Å²) in [6, 6.07) is 2.06. The second-order valence-electron chi connectivity index (χ2n) is 3.55. The second-order valence-corrected chi connectivity index (χ2v) is 3.55. The zero-order valence-electron chi connectivity index (χ0n) is 9.32. The minimum Gasteiger partial charge on any atom is -0.507 e. The number of carboxylic acid groups (broad SMARTS) is 1. The van der Waals surface area contributed by atoms with Crippen LogP contribution in [0.5, 0.6) is 11.5 Å². The molecule has 0 aliphatic heterocycles. The van der Waals surface area contributed by atoms with Gasteiger partial charge in [0.2, 0.25) is 0 Å².